The Morgan fingerprint density at radius 1 is 1.21 bits per heavy atom. The van der Waals surface area contributed by atoms with Gasteiger partial charge in [-0.05, 0) is 25.5 Å². The molecule has 0 saturated carbocycles. The van der Waals surface area contributed by atoms with Gasteiger partial charge in [0.25, 0.3) is 0 Å². The van der Waals surface area contributed by atoms with Crippen LogP contribution in [0.5, 0.6) is 0 Å². The number of para-hydroxylation sites is 1. The topological polar surface area (TPSA) is 43.8 Å². The number of aliphatic hydroxyl groups excluding tert-OH is 1. The minimum Gasteiger partial charge on any atom is -0.378 e. The molecule has 0 radical (unpaired) electrons. The maximum absolute atomic E-state index is 10.9. The summed E-state index contributed by atoms with van der Waals surface area (Å²) in [6, 6.07) is 10.3. The van der Waals surface area contributed by atoms with Crippen LogP contribution in [0.1, 0.15) is 19.8 Å². The van der Waals surface area contributed by atoms with Crippen molar-refractivity contribution in [1.29, 1.82) is 0 Å². The minimum absolute atomic E-state index is 0.141. The molecule has 4 nitrogen and oxygen atoms in total. The van der Waals surface area contributed by atoms with E-state index in [4.69, 9.17) is 0 Å². The molecule has 0 spiro atoms. The lowest BCUT2D eigenvalue weighted by Gasteiger charge is -2.38. The molecule has 1 aliphatic heterocycles. The van der Waals surface area contributed by atoms with E-state index in [0.717, 1.165) is 26.2 Å². The average Bonchev–Trinajstić information content (AvgIpc) is 2.46. The van der Waals surface area contributed by atoms with Crippen molar-refractivity contribution in [3.05, 3.63) is 30.3 Å². The van der Waals surface area contributed by atoms with Crippen molar-refractivity contribution in [3.63, 3.8) is 0 Å². The van der Waals surface area contributed by atoms with Crippen LogP contribution in [0.3, 0.4) is 0 Å². The molecule has 1 fully saturated rings. The first-order valence-electron chi connectivity index (χ1n) is 6.88. The highest BCUT2D eigenvalue weighted by molar-refractivity contribution is 5.75. The zero-order valence-electron chi connectivity index (χ0n) is 11.5. The van der Waals surface area contributed by atoms with Gasteiger partial charge in [-0.1, -0.05) is 18.2 Å². The van der Waals surface area contributed by atoms with Crippen LogP contribution >= 0.6 is 0 Å². The number of benzene rings is 1. The molecule has 0 aromatic heterocycles. The number of nitrogens with zero attached hydrogens (tertiary/aromatic N) is 2. The molecule has 0 aliphatic carbocycles. The van der Waals surface area contributed by atoms with Gasteiger partial charge in [0.05, 0.1) is 0 Å². The summed E-state index contributed by atoms with van der Waals surface area (Å²) in [6.07, 6.45) is 0.516. The van der Waals surface area contributed by atoms with Gasteiger partial charge in [0.2, 0.25) is 0 Å². The molecular weight excluding hydrogens is 240 g/mol. The van der Waals surface area contributed by atoms with Crippen molar-refractivity contribution in [2.75, 3.05) is 31.1 Å². The normalized spacial score (nSPS) is 18.3. The summed E-state index contributed by atoms with van der Waals surface area (Å²) >= 11 is 0. The van der Waals surface area contributed by atoms with Crippen LogP contribution in [0.15, 0.2) is 30.3 Å². The Morgan fingerprint density at radius 2 is 1.84 bits per heavy atom. The van der Waals surface area contributed by atoms with Gasteiger partial charge in [-0.25, -0.2) is 0 Å². The van der Waals surface area contributed by atoms with Crippen LogP contribution in [0.4, 0.5) is 5.69 Å². The zero-order valence-corrected chi connectivity index (χ0v) is 11.5. The molecule has 1 unspecified atom stereocenters. The van der Waals surface area contributed by atoms with Gasteiger partial charge in [0, 0.05) is 38.3 Å². The van der Waals surface area contributed by atoms with Gasteiger partial charge in [0.15, 0.2) is 0 Å². The van der Waals surface area contributed by atoms with E-state index in [-0.39, 0.29) is 5.78 Å². The summed E-state index contributed by atoms with van der Waals surface area (Å²) in [5.41, 5.74) is 1.24. The smallest absolute Gasteiger partial charge is 0.129 e. The second kappa shape index (κ2) is 6.68. The molecule has 1 N–H and O–H groups in total. The maximum Gasteiger partial charge on any atom is 0.129 e. The zero-order chi connectivity index (χ0) is 13.7. The van der Waals surface area contributed by atoms with E-state index in [1.165, 1.54) is 5.69 Å². The summed E-state index contributed by atoms with van der Waals surface area (Å²) in [5.74, 6) is 0.141. The first kappa shape index (κ1) is 14.0. The van der Waals surface area contributed by atoms with Crippen molar-refractivity contribution in [2.45, 2.75) is 26.0 Å². The number of hydrogen-bond acceptors (Lipinski definition) is 4. The van der Waals surface area contributed by atoms with Crippen LogP contribution in [0, 0.1) is 0 Å². The average molecular weight is 262 g/mol. The SMILES string of the molecule is CC(=O)CCC(O)N1CCN(c2ccccc2)CC1. The van der Waals surface area contributed by atoms with Crippen molar-refractivity contribution >= 4 is 11.5 Å². The number of piperazine rings is 1. The van der Waals surface area contributed by atoms with Crippen molar-refractivity contribution in [1.82, 2.24) is 4.90 Å². The van der Waals surface area contributed by atoms with Crippen LogP contribution in [-0.4, -0.2) is 48.2 Å². The van der Waals surface area contributed by atoms with Gasteiger partial charge < -0.3 is 14.8 Å². The molecule has 0 amide bonds. The Hall–Kier alpha value is -1.39. The lowest BCUT2D eigenvalue weighted by molar-refractivity contribution is -0.118. The number of ketones is 1. The standard InChI is InChI=1S/C15H22N2O2/c1-13(18)7-8-15(19)17-11-9-16(10-12-17)14-5-3-2-4-6-14/h2-6,15,19H,7-12H2,1H3. The van der Waals surface area contributed by atoms with Crippen LogP contribution < -0.4 is 4.90 Å². The first-order valence-corrected chi connectivity index (χ1v) is 6.88. The van der Waals surface area contributed by atoms with Crippen molar-refractivity contribution < 1.29 is 9.90 Å². The lowest BCUT2D eigenvalue weighted by Crippen LogP contribution is -2.50. The third-order valence-corrected chi connectivity index (χ3v) is 3.61. The Bertz CT molecular complexity index is 400. The van der Waals surface area contributed by atoms with Gasteiger partial charge in [-0.3, -0.25) is 4.90 Å². The lowest BCUT2D eigenvalue weighted by atomic mass is 10.2. The molecule has 1 heterocycles. The molecule has 0 bridgehead atoms. The van der Waals surface area contributed by atoms with Gasteiger partial charge in [0.1, 0.15) is 12.0 Å². The molecule has 1 aromatic rings. The van der Waals surface area contributed by atoms with E-state index < -0.39 is 6.23 Å². The fraction of sp³-hybridized carbons (Fsp3) is 0.533. The number of aliphatic hydroxyl groups is 1. The maximum atomic E-state index is 10.9. The molecule has 19 heavy (non-hydrogen) atoms. The molecule has 2 rings (SSSR count). The largest absolute Gasteiger partial charge is 0.378 e. The summed E-state index contributed by atoms with van der Waals surface area (Å²) in [5, 5.41) is 10.0. The first-order chi connectivity index (χ1) is 9.16. The second-order valence-electron chi connectivity index (χ2n) is 5.08. The molecule has 1 aliphatic rings. The van der Waals surface area contributed by atoms with Crippen LogP contribution in [-0.2, 0) is 4.79 Å². The van der Waals surface area contributed by atoms with Crippen LogP contribution in [0.25, 0.3) is 0 Å². The van der Waals surface area contributed by atoms with Gasteiger partial charge >= 0.3 is 0 Å². The van der Waals surface area contributed by atoms with E-state index in [1.807, 2.05) is 18.2 Å². The van der Waals surface area contributed by atoms with E-state index >= 15 is 0 Å². The van der Waals surface area contributed by atoms with Crippen LogP contribution in [0.2, 0.25) is 0 Å². The van der Waals surface area contributed by atoms with Crippen molar-refractivity contribution in [2.24, 2.45) is 0 Å². The number of anilines is 1. The highest BCUT2D eigenvalue weighted by Gasteiger charge is 2.22. The van der Waals surface area contributed by atoms with E-state index in [2.05, 4.69) is 21.9 Å². The summed E-state index contributed by atoms with van der Waals surface area (Å²) in [4.78, 5) is 15.3. The highest BCUT2D eigenvalue weighted by atomic mass is 16.3. The van der Waals surface area contributed by atoms with Gasteiger partial charge in [-0.2, -0.15) is 0 Å². The Balaban J connectivity index is 1.80. The second-order valence-corrected chi connectivity index (χ2v) is 5.08. The van der Waals surface area contributed by atoms with E-state index in [1.54, 1.807) is 6.92 Å². The fourth-order valence-electron chi connectivity index (χ4n) is 2.43. The number of hydrogen-bond donors (Lipinski definition) is 1. The summed E-state index contributed by atoms with van der Waals surface area (Å²) in [6.45, 7) is 5.09. The number of Topliss-reactive ketones (excluding diaryl/α,β-unsaturated/α-hetero) is 1. The number of carbonyl (C=O) groups is 1. The Labute approximate surface area is 114 Å². The summed E-state index contributed by atoms with van der Waals surface area (Å²) in [7, 11) is 0. The quantitative estimate of drug-likeness (QED) is 0.873. The molecule has 104 valence electrons. The highest BCUT2D eigenvalue weighted by Crippen LogP contribution is 2.17. The predicted molar refractivity (Wildman–Crippen MR) is 76.1 cm³/mol. The molecule has 1 saturated heterocycles. The minimum atomic E-state index is -0.484. The molecule has 1 atom stereocenters. The van der Waals surface area contributed by atoms with E-state index in [0.29, 0.717) is 12.8 Å². The predicted octanol–water partition coefficient (Wildman–Crippen LogP) is 1.50. The van der Waals surface area contributed by atoms with Crippen molar-refractivity contribution in [3.8, 4) is 0 Å². The molecular formula is C15H22N2O2. The number of carbonyl (C=O) groups excluding carboxylic acids is 1. The Morgan fingerprint density at radius 3 is 2.42 bits per heavy atom. The summed E-state index contributed by atoms with van der Waals surface area (Å²) < 4.78 is 0. The fourth-order valence-corrected chi connectivity index (χ4v) is 2.43. The van der Waals surface area contributed by atoms with E-state index in [9.17, 15) is 9.90 Å². The Kier molecular flexibility index (Phi) is 4.93. The molecule has 4 heteroatoms. The number of rotatable bonds is 5. The third-order valence-electron chi connectivity index (χ3n) is 3.61. The third kappa shape index (κ3) is 4.04. The van der Waals surface area contributed by atoms with Gasteiger partial charge in [-0.15, -0.1) is 0 Å². The monoisotopic (exact) mass is 262 g/mol. The molecule has 1 aromatic carbocycles.